The second-order valence-corrected chi connectivity index (χ2v) is 5.75. The summed E-state index contributed by atoms with van der Waals surface area (Å²) in [6.07, 6.45) is 5.97. The number of rotatable bonds is 6. The van der Waals surface area contributed by atoms with E-state index in [1.807, 2.05) is 6.07 Å². The molecule has 0 spiro atoms. The van der Waals surface area contributed by atoms with Crippen molar-refractivity contribution in [2.75, 3.05) is 13.2 Å². The zero-order valence-electron chi connectivity index (χ0n) is 11.7. The van der Waals surface area contributed by atoms with Crippen LogP contribution in [-0.4, -0.2) is 25.4 Å². The van der Waals surface area contributed by atoms with Crippen LogP contribution >= 0.6 is 0 Å². The van der Waals surface area contributed by atoms with E-state index in [1.165, 1.54) is 25.3 Å². The van der Waals surface area contributed by atoms with Crippen molar-refractivity contribution in [2.45, 2.75) is 50.8 Å². The van der Waals surface area contributed by atoms with Crippen molar-refractivity contribution in [1.29, 1.82) is 0 Å². The zero-order valence-corrected chi connectivity index (χ0v) is 11.7. The third kappa shape index (κ3) is 4.18. The lowest BCUT2D eigenvalue weighted by molar-refractivity contribution is -0.0111. The van der Waals surface area contributed by atoms with E-state index in [1.54, 1.807) is 6.07 Å². The first kappa shape index (κ1) is 13.8. The van der Waals surface area contributed by atoms with Gasteiger partial charge in [-0.15, -0.1) is 0 Å². The lowest BCUT2D eigenvalue weighted by Gasteiger charge is -2.22. The van der Waals surface area contributed by atoms with Gasteiger partial charge in [0.1, 0.15) is 18.2 Å². The molecular formula is C16H22FNO2. The summed E-state index contributed by atoms with van der Waals surface area (Å²) >= 11 is 0. The van der Waals surface area contributed by atoms with Gasteiger partial charge in [0.15, 0.2) is 0 Å². The lowest BCUT2D eigenvalue weighted by atomic mass is 10.1. The quantitative estimate of drug-likeness (QED) is 0.868. The van der Waals surface area contributed by atoms with Crippen molar-refractivity contribution < 1.29 is 13.9 Å². The van der Waals surface area contributed by atoms with Gasteiger partial charge in [0, 0.05) is 25.3 Å². The Labute approximate surface area is 119 Å². The van der Waals surface area contributed by atoms with E-state index in [9.17, 15) is 4.39 Å². The third-order valence-electron chi connectivity index (χ3n) is 3.81. The zero-order chi connectivity index (χ0) is 13.8. The maximum absolute atomic E-state index is 13.6. The smallest absolute Gasteiger partial charge is 0.127 e. The van der Waals surface area contributed by atoms with E-state index in [2.05, 4.69) is 5.32 Å². The summed E-state index contributed by atoms with van der Waals surface area (Å²) in [5.74, 6) is 0.367. The Morgan fingerprint density at radius 3 is 2.85 bits per heavy atom. The molecular weight excluding hydrogens is 257 g/mol. The molecule has 2 fully saturated rings. The standard InChI is InChI=1S/C16H22FNO2/c17-13-7-12(10-18-14-4-5-14)8-16(9-13)20-11-15-3-1-2-6-19-15/h7-9,14-15,18H,1-6,10-11H2. The third-order valence-corrected chi connectivity index (χ3v) is 3.81. The molecule has 1 heterocycles. The number of benzene rings is 1. The van der Waals surface area contributed by atoms with Crippen molar-refractivity contribution in [3.05, 3.63) is 29.6 Å². The van der Waals surface area contributed by atoms with Crippen LogP contribution in [0.1, 0.15) is 37.7 Å². The highest BCUT2D eigenvalue weighted by Crippen LogP contribution is 2.22. The molecule has 1 aromatic carbocycles. The van der Waals surface area contributed by atoms with E-state index in [0.717, 1.165) is 25.0 Å². The van der Waals surface area contributed by atoms with E-state index in [4.69, 9.17) is 9.47 Å². The van der Waals surface area contributed by atoms with Crippen molar-refractivity contribution >= 4 is 0 Å². The highest BCUT2D eigenvalue weighted by Gasteiger charge is 2.20. The Hall–Kier alpha value is -1.13. The SMILES string of the molecule is Fc1cc(CNC2CC2)cc(OCC2CCCCO2)c1. The van der Waals surface area contributed by atoms with Crippen molar-refractivity contribution in [3.63, 3.8) is 0 Å². The van der Waals surface area contributed by atoms with Gasteiger partial charge in [-0.05, 0) is 49.8 Å². The van der Waals surface area contributed by atoms with Gasteiger partial charge in [0.05, 0.1) is 6.10 Å². The monoisotopic (exact) mass is 279 g/mol. The summed E-state index contributed by atoms with van der Waals surface area (Å²) in [5, 5.41) is 3.39. The second-order valence-electron chi connectivity index (χ2n) is 5.75. The van der Waals surface area contributed by atoms with Gasteiger partial charge < -0.3 is 14.8 Å². The van der Waals surface area contributed by atoms with Gasteiger partial charge in [-0.1, -0.05) is 0 Å². The minimum absolute atomic E-state index is 0.153. The molecule has 1 aliphatic carbocycles. The van der Waals surface area contributed by atoms with Crippen LogP contribution in [0.2, 0.25) is 0 Å². The lowest BCUT2D eigenvalue weighted by Crippen LogP contribution is -2.25. The molecule has 2 aliphatic rings. The van der Waals surface area contributed by atoms with Crippen LogP contribution in [0.15, 0.2) is 18.2 Å². The number of halogens is 1. The maximum atomic E-state index is 13.6. The Balaban J connectivity index is 1.53. The molecule has 4 heteroatoms. The minimum Gasteiger partial charge on any atom is -0.491 e. The Morgan fingerprint density at radius 2 is 2.10 bits per heavy atom. The molecule has 1 saturated carbocycles. The van der Waals surface area contributed by atoms with Gasteiger partial charge in [-0.3, -0.25) is 0 Å². The maximum Gasteiger partial charge on any atom is 0.127 e. The molecule has 110 valence electrons. The first-order chi connectivity index (χ1) is 9.79. The van der Waals surface area contributed by atoms with Crippen LogP contribution < -0.4 is 10.1 Å². The molecule has 0 bridgehead atoms. The summed E-state index contributed by atoms with van der Waals surface area (Å²) in [4.78, 5) is 0. The highest BCUT2D eigenvalue weighted by atomic mass is 19.1. The van der Waals surface area contributed by atoms with Crippen LogP contribution in [0, 0.1) is 5.82 Å². The summed E-state index contributed by atoms with van der Waals surface area (Å²) in [5.41, 5.74) is 0.941. The molecule has 20 heavy (non-hydrogen) atoms. The first-order valence-electron chi connectivity index (χ1n) is 7.57. The van der Waals surface area contributed by atoms with Gasteiger partial charge in [-0.2, -0.15) is 0 Å². The molecule has 0 aromatic heterocycles. The van der Waals surface area contributed by atoms with Crippen LogP contribution in [0.5, 0.6) is 5.75 Å². The normalized spacial score (nSPS) is 22.8. The Morgan fingerprint density at radius 1 is 1.20 bits per heavy atom. The predicted molar refractivity (Wildman–Crippen MR) is 75.3 cm³/mol. The molecule has 1 atom stereocenters. The van der Waals surface area contributed by atoms with Crippen molar-refractivity contribution in [2.24, 2.45) is 0 Å². The Bertz CT molecular complexity index is 442. The van der Waals surface area contributed by atoms with Crippen molar-refractivity contribution in [3.8, 4) is 5.75 Å². The topological polar surface area (TPSA) is 30.5 Å². The predicted octanol–water partition coefficient (Wildman–Crippen LogP) is 3.03. The molecule has 0 amide bonds. The van der Waals surface area contributed by atoms with Crippen LogP contribution in [-0.2, 0) is 11.3 Å². The molecule has 0 radical (unpaired) electrons. The fourth-order valence-corrected chi connectivity index (χ4v) is 2.48. The summed E-state index contributed by atoms with van der Waals surface area (Å²) in [6.45, 7) is 2.03. The summed E-state index contributed by atoms with van der Waals surface area (Å²) in [7, 11) is 0. The average Bonchev–Trinajstić information content (AvgIpc) is 3.28. The number of ether oxygens (including phenoxy) is 2. The van der Waals surface area contributed by atoms with Crippen molar-refractivity contribution in [1.82, 2.24) is 5.32 Å². The van der Waals surface area contributed by atoms with E-state index in [0.29, 0.717) is 24.9 Å². The molecule has 1 saturated heterocycles. The highest BCUT2D eigenvalue weighted by molar-refractivity contribution is 5.29. The second kappa shape index (κ2) is 6.55. The van der Waals surface area contributed by atoms with E-state index in [-0.39, 0.29) is 11.9 Å². The minimum atomic E-state index is -0.236. The van der Waals surface area contributed by atoms with E-state index >= 15 is 0 Å². The van der Waals surface area contributed by atoms with Gasteiger partial charge in [0.25, 0.3) is 0 Å². The molecule has 3 rings (SSSR count). The van der Waals surface area contributed by atoms with E-state index < -0.39 is 0 Å². The fraction of sp³-hybridized carbons (Fsp3) is 0.625. The average molecular weight is 279 g/mol. The molecule has 1 N–H and O–H groups in total. The van der Waals surface area contributed by atoms with Crippen LogP contribution in [0.4, 0.5) is 4.39 Å². The molecule has 1 unspecified atom stereocenters. The largest absolute Gasteiger partial charge is 0.491 e. The van der Waals surface area contributed by atoms with Gasteiger partial charge in [-0.25, -0.2) is 4.39 Å². The molecule has 1 aliphatic heterocycles. The fourth-order valence-electron chi connectivity index (χ4n) is 2.48. The van der Waals surface area contributed by atoms with Crippen LogP contribution in [0.3, 0.4) is 0 Å². The number of hydrogen-bond donors (Lipinski definition) is 1. The number of nitrogens with one attached hydrogen (secondary N) is 1. The molecule has 1 aromatic rings. The van der Waals surface area contributed by atoms with Gasteiger partial charge in [0.2, 0.25) is 0 Å². The van der Waals surface area contributed by atoms with Gasteiger partial charge >= 0.3 is 0 Å². The molecule has 3 nitrogen and oxygen atoms in total. The summed E-state index contributed by atoms with van der Waals surface area (Å²) in [6, 6.07) is 5.56. The summed E-state index contributed by atoms with van der Waals surface area (Å²) < 4.78 is 24.9. The number of hydrogen-bond acceptors (Lipinski definition) is 3. The Kier molecular flexibility index (Phi) is 4.53. The van der Waals surface area contributed by atoms with Crippen LogP contribution in [0.25, 0.3) is 0 Å². The first-order valence-corrected chi connectivity index (χ1v) is 7.57.